The van der Waals surface area contributed by atoms with E-state index in [2.05, 4.69) is 4.90 Å². The van der Waals surface area contributed by atoms with Crippen LogP contribution in [0.3, 0.4) is 0 Å². The summed E-state index contributed by atoms with van der Waals surface area (Å²) in [6, 6.07) is 7.53. The topological polar surface area (TPSA) is 53.0 Å². The average molecular weight is 318 g/mol. The maximum absolute atomic E-state index is 11.9. The van der Waals surface area contributed by atoms with Crippen molar-refractivity contribution in [1.29, 1.82) is 0 Å². The zero-order valence-corrected chi connectivity index (χ0v) is 14.0. The summed E-state index contributed by atoms with van der Waals surface area (Å²) in [5.74, 6) is 0.461. The van der Waals surface area contributed by atoms with Gasteiger partial charge in [0.05, 0.1) is 5.60 Å². The molecule has 0 aliphatic carbocycles. The number of rotatable bonds is 3. The monoisotopic (exact) mass is 318 g/mol. The van der Waals surface area contributed by atoms with Crippen molar-refractivity contribution in [2.45, 2.75) is 37.9 Å². The second-order valence-electron chi connectivity index (χ2n) is 6.86. The van der Waals surface area contributed by atoms with Gasteiger partial charge in [0, 0.05) is 33.2 Å². The molecule has 0 radical (unpaired) electrons. The minimum Gasteiger partial charge on any atom is -0.508 e. The highest BCUT2D eigenvalue weighted by atomic mass is 16.5. The van der Waals surface area contributed by atoms with Gasteiger partial charge in [-0.3, -0.25) is 4.79 Å². The number of nitrogens with zero attached hydrogens (tertiary/aromatic N) is 2. The molecule has 2 heterocycles. The fraction of sp³-hybridized carbons (Fsp3) is 0.611. The lowest BCUT2D eigenvalue weighted by Gasteiger charge is -2.48. The van der Waals surface area contributed by atoms with Gasteiger partial charge in [0.1, 0.15) is 11.9 Å². The molecule has 1 N–H and O–H groups in total. The van der Waals surface area contributed by atoms with Gasteiger partial charge in [0.25, 0.3) is 5.91 Å². The third-order valence-electron chi connectivity index (χ3n) is 5.13. The molecule has 1 atom stereocenters. The first kappa shape index (κ1) is 16.3. The lowest BCUT2D eigenvalue weighted by Crippen LogP contribution is -2.60. The van der Waals surface area contributed by atoms with E-state index in [1.807, 2.05) is 37.1 Å². The number of ether oxygens (including phenoxy) is 1. The molecule has 1 aromatic carbocycles. The summed E-state index contributed by atoms with van der Waals surface area (Å²) in [6.07, 6.45) is 2.43. The summed E-state index contributed by atoms with van der Waals surface area (Å²) >= 11 is 0. The van der Waals surface area contributed by atoms with Crippen LogP contribution in [0.2, 0.25) is 0 Å². The maximum atomic E-state index is 11.9. The van der Waals surface area contributed by atoms with E-state index in [1.165, 1.54) is 0 Å². The van der Waals surface area contributed by atoms with Gasteiger partial charge in [-0.1, -0.05) is 18.2 Å². The summed E-state index contributed by atoms with van der Waals surface area (Å²) in [7, 11) is 1.87. The van der Waals surface area contributed by atoms with Gasteiger partial charge in [-0.2, -0.15) is 0 Å². The Kier molecular flexibility index (Phi) is 4.60. The number of para-hydroxylation sites is 1. The molecular weight excluding hydrogens is 292 g/mol. The third-order valence-corrected chi connectivity index (χ3v) is 5.13. The second-order valence-corrected chi connectivity index (χ2v) is 6.86. The molecule has 2 aliphatic rings. The fourth-order valence-electron chi connectivity index (χ4n) is 3.74. The van der Waals surface area contributed by atoms with Gasteiger partial charge in [0.2, 0.25) is 0 Å². The molecule has 5 heteroatoms. The van der Waals surface area contributed by atoms with Crippen LogP contribution in [-0.2, 0) is 16.0 Å². The molecule has 1 aromatic rings. The Balaban J connectivity index is 1.53. The van der Waals surface area contributed by atoms with Crippen molar-refractivity contribution >= 4 is 5.91 Å². The lowest BCUT2D eigenvalue weighted by molar-refractivity contribution is -0.186. The van der Waals surface area contributed by atoms with Crippen molar-refractivity contribution in [3.8, 4) is 5.75 Å². The van der Waals surface area contributed by atoms with Crippen LogP contribution in [-0.4, -0.2) is 65.7 Å². The summed E-state index contributed by atoms with van der Waals surface area (Å²) in [5.41, 5.74) is 0.827. The fourth-order valence-corrected chi connectivity index (χ4v) is 3.74. The first-order chi connectivity index (χ1) is 11.0. The van der Waals surface area contributed by atoms with Crippen LogP contribution in [0, 0.1) is 0 Å². The first-order valence-corrected chi connectivity index (χ1v) is 8.41. The van der Waals surface area contributed by atoms with Gasteiger partial charge in [-0.05, 0) is 37.8 Å². The Morgan fingerprint density at radius 1 is 1.30 bits per heavy atom. The van der Waals surface area contributed by atoms with E-state index in [4.69, 9.17) is 4.74 Å². The molecule has 1 unspecified atom stereocenters. The van der Waals surface area contributed by atoms with Crippen molar-refractivity contribution < 1.29 is 14.6 Å². The first-order valence-electron chi connectivity index (χ1n) is 8.41. The number of benzene rings is 1. The van der Waals surface area contributed by atoms with Crippen LogP contribution in [0.1, 0.15) is 25.3 Å². The number of phenols is 1. The number of amides is 1. The van der Waals surface area contributed by atoms with E-state index in [1.54, 1.807) is 6.07 Å². The Bertz CT molecular complexity index is 551. The van der Waals surface area contributed by atoms with Crippen LogP contribution in [0.4, 0.5) is 0 Å². The molecule has 1 spiro atoms. The van der Waals surface area contributed by atoms with Crippen molar-refractivity contribution in [3.63, 3.8) is 0 Å². The highest BCUT2D eigenvalue weighted by Crippen LogP contribution is 2.32. The molecule has 0 aromatic heterocycles. The third kappa shape index (κ3) is 3.51. The standard InChI is InChI=1S/C18H26N2O3/c1-14-17(22)19(2)13-18(23-14)8-11-20(12-9-18)10-7-15-5-3-4-6-16(15)21/h3-6,14,21H,7-13H2,1-2H3. The van der Waals surface area contributed by atoms with Gasteiger partial charge in [0.15, 0.2) is 0 Å². The quantitative estimate of drug-likeness (QED) is 0.921. The summed E-state index contributed by atoms with van der Waals surface area (Å²) in [6.45, 7) is 5.44. The van der Waals surface area contributed by atoms with E-state index in [9.17, 15) is 9.90 Å². The van der Waals surface area contributed by atoms with Crippen LogP contribution in [0.15, 0.2) is 24.3 Å². The molecule has 2 aliphatic heterocycles. The predicted molar refractivity (Wildman–Crippen MR) is 88.4 cm³/mol. The Hall–Kier alpha value is -1.59. The molecule has 3 rings (SSSR count). The normalized spacial score (nSPS) is 25.0. The number of piperidine rings is 1. The number of phenolic OH excluding ortho intramolecular Hbond substituents is 1. The van der Waals surface area contributed by atoms with E-state index in [-0.39, 0.29) is 17.6 Å². The highest BCUT2D eigenvalue weighted by molar-refractivity contribution is 5.81. The van der Waals surface area contributed by atoms with Gasteiger partial charge in [-0.25, -0.2) is 0 Å². The minimum atomic E-state index is -0.332. The van der Waals surface area contributed by atoms with Crippen molar-refractivity contribution in [1.82, 2.24) is 9.80 Å². The second kappa shape index (κ2) is 6.49. The van der Waals surface area contributed by atoms with Gasteiger partial charge >= 0.3 is 0 Å². The largest absolute Gasteiger partial charge is 0.508 e. The molecule has 0 bridgehead atoms. The zero-order chi connectivity index (χ0) is 16.4. The van der Waals surface area contributed by atoms with E-state index in [0.717, 1.165) is 44.5 Å². The number of likely N-dealkylation sites (N-methyl/N-ethyl adjacent to an activating group) is 1. The Labute approximate surface area is 137 Å². The molecular formula is C18H26N2O3. The molecule has 2 fully saturated rings. The molecule has 23 heavy (non-hydrogen) atoms. The Morgan fingerprint density at radius 3 is 2.65 bits per heavy atom. The van der Waals surface area contributed by atoms with E-state index >= 15 is 0 Å². The average Bonchev–Trinajstić information content (AvgIpc) is 2.53. The van der Waals surface area contributed by atoms with E-state index < -0.39 is 0 Å². The van der Waals surface area contributed by atoms with Crippen molar-refractivity contribution in [2.75, 3.05) is 33.2 Å². The summed E-state index contributed by atoms with van der Waals surface area (Å²) in [4.78, 5) is 16.1. The molecule has 1 amide bonds. The van der Waals surface area contributed by atoms with Crippen LogP contribution in [0.25, 0.3) is 0 Å². The van der Waals surface area contributed by atoms with Crippen LogP contribution in [0.5, 0.6) is 5.75 Å². The zero-order valence-electron chi connectivity index (χ0n) is 14.0. The summed E-state index contributed by atoms with van der Waals surface area (Å²) < 4.78 is 6.07. The van der Waals surface area contributed by atoms with Gasteiger partial charge in [-0.15, -0.1) is 0 Å². The van der Waals surface area contributed by atoms with E-state index in [0.29, 0.717) is 12.3 Å². The maximum Gasteiger partial charge on any atom is 0.251 e. The minimum absolute atomic E-state index is 0.0811. The number of hydrogen-bond acceptors (Lipinski definition) is 4. The number of carbonyl (C=O) groups excluding carboxylic acids is 1. The number of morpholine rings is 1. The molecule has 2 saturated heterocycles. The molecule has 5 nitrogen and oxygen atoms in total. The Morgan fingerprint density at radius 2 is 2.00 bits per heavy atom. The number of aromatic hydroxyl groups is 1. The predicted octanol–water partition coefficient (Wildman–Crippen LogP) is 1.65. The molecule has 126 valence electrons. The highest BCUT2D eigenvalue weighted by Gasteiger charge is 2.44. The van der Waals surface area contributed by atoms with Gasteiger partial charge < -0.3 is 19.6 Å². The van der Waals surface area contributed by atoms with Crippen LogP contribution >= 0.6 is 0 Å². The smallest absolute Gasteiger partial charge is 0.251 e. The lowest BCUT2D eigenvalue weighted by atomic mass is 9.88. The van der Waals surface area contributed by atoms with Crippen molar-refractivity contribution in [2.24, 2.45) is 0 Å². The SMILES string of the molecule is CC1OC2(CCN(CCc3ccccc3O)CC2)CN(C)C1=O. The summed E-state index contributed by atoms with van der Waals surface area (Å²) in [5, 5.41) is 9.85. The van der Waals surface area contributed by atoms with Crippen molar-refractivity contribution in [3.05, 3.63) is 29.8 Å². The number of carbonyl (C=O) groups is 1. The number of likely N-dealkylation sites (tertiary alicyclic amines) is 1. The van der Waals surface area contributed by atoms with Crippen LogP contribution < -0.4 is 0 Å². The number of hydrogen-bond donors (Lipinski definition) is 1. The molecule has 0 saturated carbocycles.